The lowest BCUT2D eigenvalue weighted by molar-refractivity contribution is -0.127. The third-order valence-corrected chi connectivity index (χ3v) is 5.67. The minimum Gasteiger partial charge on any atom is -0.481 e. The number of carbonyl (C=O) groups is 1. The van der Waals surface area contributed by atoms with Crippen molar-refractivity contribution in [1.82, 2.24) is 10.2 Å². The number of rotatable bonds is 6. The fraction of sp³-hybridized carbons (Fsp3) is 0.480. The maximum atomic E-state index is 12.4. The molecule has 5 nitrogen and oxygen atoms in total. The first kappa shape index (κ1) is 22.2. The Kier molecular flexibility index (Phi) is 7.03. The number of ether oxygens (including phenoxy) is 1. The summed E-state index contributed by atoms with van der Waals surface area (Å²) < 4.78 is 5.82. The first-order chi connectivity index (χ1) is 14.2. The van der Waals surface area contributed by atoms with Crippen molar-refractivity contribution < 1.29 is 9.53 Å². The molecule has 0 radical (unpaired) electrons. The van der Waals surface area contributed by atoms with Crippen molar-refractivity contribution in [2.45, 2.75) is 45.8 Å². The van der Waals surface area contributed by atoms with Gasteiger partial charge >= 0.3 is 0 Å². The van der Waals surface area contributed by atoms with Crippen LogP contribution in [0.25, 0.3) is 0 Å². The summed E-state index contributed by atoms with van der Waals surface area (Å²) >= 11 is 0. The smallest absolute Gasteiger partial charge is 0.261 e. The first-order valence-electron chi connectivity index (χ1n) is 10.8. The van der Waals surface area contributed by atoms with Gasteiger partial charge in [0.05, 0.1) is 0 Å². The molecule has 30 heavy (non-hydrogen) atoms. The lowest BCUT2D eigenvalue weighted by atomic mass is 9.87. The van der Waals surface area contributed by atoms with E-state index in [9.17, 15) is 4.79 Å². The number of anilines is 1. The number of piperazine rings is 1. The van der Waals surface area contributed by atoms with Crippen LogP contribution < -0.4 is 15.0 Å². The average molecular weight is 410 g/mol. The third kappa shape index (κ3) is 5.99. The van der Waals surface area contributed by atoms with E-state index in [-0.39, 0.29) is 11.3 Å². The molecule has 0 spiro atoms. The van der Waals surface area contributed by atoms with Gasteiger partial charge in [-0.2, -0.15) is 0 Å². The summed E-state index contributed by atoms with van der Waals surface area (Å²) in [5.41, 5.74) is 3.67. The van der Waals surface area contributed by atoms with Gasteiger partial charge in [-0.3, -0.25) is 4.79 Å². The van der Waals surface area contributed by atoms with E-state index in [0.717, 1.165) is 31.7 Å². The van der Waals surface area contributed by atoms with Crippen molar-refractivity contribution in [2.24, 2.45) is 0 Å². The Morgan fingerprint density at radius 2 is 1.60 bits per heavy atom. The summed E-state index contributed by atoms with van der Waals surface area (Å²) in [5, 5.41) is 2.98. The third-order valence-electron chi connectivity index (χ3n) is 5.67. The maximum Gasteiger partial charge on any atom is 0.261 e. The predicted molar refractivity (Wildman–Crippen MR) is 123 cm³/mol. The Morgan fingerprint density at radius 3 is 2.17 bits per heavy atom. The summed E-state index contributed by atoms with van der Waals surface area (Å²) in [4.78, 5) is 17.2. The zero-order valence-corrected chi connectivity index (χ0v) is 18.9. The van der Waals surface area contributed by atoms with Crippen LogP contribution in [0, 0.1) is 0 Å². The van der Waals surface area contributed by atoms with Crippen LogP contribution in [0.15, 0.2) is 48.5 Å². The molecule has 0 aromatic heterocycles. The van der Waals surface area contributed by atoms with E-state index < -0.39 is 6.10 Å². The van der Waals surface area contributed by atoms with Gasteiger partial charge in [-0.25, -0.2) is 0 Å². The number of hydrogen-bond acceptors (Lipinski definition) is 4. The van der Waals surface area contributed by atoms with Gasteiger partial charge in [0.15, 0.2) is 6.10 Å². The summed E-state index contributed by atoms with van der Waals surface area (Å²) in [7, 11) is 2.16. The Labute approximate surface area is 181 Å². The van der Waals surface area contributed by atoms with Crippen molar-refractivity contribution in [3.8, 4) is 5.75 Å². The van der Waals surface area contributed by atoms with Crippen LogP contribution in [-0.2, 0) is 16.8 Å². The maximum absolute atomic E-state index is 12.4. The van der Waals surface area contributed by atoms with Crippen LogP contribution in [0.2, 0.25) is 0 Å². The molecule has 0 bridgehead atoms. The van der Waals surface area contributed by atoms with E-state index in [2.05, 4.69) is 79.3 Å². The topological polar surface area (TPSA) is 44.8 Å². The molecule has 1 heterocycles. The van der Waals surface area contributed by atoms with Crippen molar-refractivity contribution in [3.63, 3.8) is 0 Å². The van der Waals surface area contributed by atoms with E-state index in [1.54, 1.807) is 6.92 Å². The highest BCUT2D eigenvalue weighted by Gasteiger charge is 2.17. The number of nitrogens with zero attached hydrogens (tertiary/aromatic N) is 2. The monoisotopic (exact) mass is 409 g/mol. The van der Waals surface area contributed by atoms with Crippen molar-refractivity contribution in [1.29, 1.82) is 0 Å². The van der Waals surface area contributed by atoms with Crippen LogP contribution in [0.5, 0.6) is 5.75 Å². The summed E-state index contributed by atoms with van der Waals surface area (Å²) in [5.74, 6) is 0.597. The quantitative estimate of drug-likeness (QED) is 0.788. The Morgan fingerprint density at radius 1 is 1.00 bits per heavy atom. The molecule has 0 aliphatic carbocycles. The molecule has 1 N–H and O–H groups in total. The molecule has 162 valence electrons. The van der Waals surface area contributed by atoms with Crippen LogP contribution in [0.3, 0.4) is 0 Å². The van der Waals surface area contributed by atoms with Gasteiger partial charge in [-0.15, -0.1) is 0 Å². The zero-order valence-electron chi connectivity index (χ0n) is 18.9. The SMILES string of the molecule is C[C@H](Oc1ccc(C(C)(C)C)cc1)C(=O)NCc1ccc(N2CCN(C)CC2)cc1. The fourth-order valence-electron chi connectivity index (χ4n) is 3.51. The minimum atomic E-state index is -0.546. The molecule has 2 aromatic carbocycles. The number of carbonyl (C=O) groups excluding carboxylic acids is 1. The van der Waals surface area contributed by atoms with Gasteiger partial charge < -0.3 is 19.9 Å². The number of benzene rings is 2. The molecule has 1 fully saturated rings. The normalized spacial score (nSPS) is 16.2. The van der Waals surface area contributed by atoms with Crippen LogP contribution in [0.1, 0.15) is 38.8 Å². The summed E-state index contributed by atoms with van der Waals surface area (Å²) in [6, 6.07) is 16.4. The second-order valence-electron chi connectivity index (χ2n) is 9.21. The first-order valence-corrected chi connectivity index (χ1v) is 10.8. The predicted octanol–water partition coefficient (Wildman–Crippen LogP) is 3.82. The standard InChI is InChI=1S/C25H35N3O2/c1-19(30-23-12-8-21(9-13-23)25(2,3)4)24(29)26-18-20-6-10-22(11-7-20)28-16-14-27(5)15-17-28/h6-13,19H,14-18H2,1-5H3,(H,26,29)/t19-/m0/s1. The molecule has 2 aromatic rings. The van der Waals surface area contributed by atoms with Crippen LogP contribution >= 0.6 is 0 Å². The largest absolute Gasteiger partial charge is 0.481 e. The number of likely N-dealkylation sites (N-methyl/N-ethyl adjacent to an activating group) is 1. The molecular weight excluding hydrogens is 374 g/mol. The highest BCUT2D eigenvalue weighted by Crippen LogP contribution is 2.24. The van der Waals surface area contributed by atoms with Crippen molar-refractivity contribution in [2.75, 3.05) is 38.1 Å². The van der Waals surface area contributed by atoms with Crippen molar-refractivity contribution in [3.05, 3.63) is 59.7 Å². The van der Waals surface area contributed by atoms with Crippen LogP contribution in [0.4, 0.5) is 5.69 Å². The lowest BCUT2D eigenvalue weighted by Crippen LogP contribution is -2.44. The molecule has 5 heteroatoms. The number of amides is 1. The Balaban J connectivity index is 1.47. The van der Waals surface area contributed by atoms with Gasteiger partial charge in [0.1, 0.15) is 5.75 Å². The molecule has 1 atom stereocenters. The van der Waals surface area contributed by atoms with Crippen molar-refractivity contribution >= 4 is 11.6 Å². The molecule has 1 aliphatic rings. The molecule has 1 aliphatic heterocycles. The Bertz CT molecular complexity index is 817. The molecule has 1 saturated heterocycles. The zero-order chi connectivity index (χ0) is 21.7. The highest BCUT2D eigenvalue weighted by atomic mass is 16.5. The molecule has 0 saturated carbocycles. The van der Waals surface area contributed by atoms with E-state index >= 15 is 0 Å². The molecule has 0 unspecified atom stereocenters. The van der Waals surface area contributed by atoms with Gasteiger partial charge in [0, 0.05) is 38.4 Å². The molecule has 1 amide bonds. The lowest BCUT2D eigenvalue weighted by Gasteiger charge is -2.34. The van der Waals surface area contributed by atoms with E-state index in [0.29, 0.717) is 12.3 Å². The van der Waals surface area contributed by atoms with E-state index in [1.807, 2.05) is 12.1 Å². The highest BCUT2D eigenvalue weighted by molar-refractivity contribution is 5.80. The summed E-state index contributed by atoms with van der Waals surface area (Å²) in [6.45, 7) is 13.1. The van der Waals surface area contributed by atoms with Gasteiger partial charge in [-0.05, 0) is 54.8 Å². The second-order valence-corrected chi connectivity index (χ2v) is 9.21. The number of nitrogens with one attached hydrogen (secondary N) is 1. The second kappa shape index (κ2) is 9.52. The minimum absolute atomic E-state index is 0.0986. The van der Waals surface area contributed by atoms with Gasteiger partial charge in [0.25, 0.3) is 5.91 Å². The average Bonchev–Trinajstić information content (AvgIpc) is 2.72. The van der Waals surface area contributed by atoms with E-state index in [4.69, 9.17) is 4.74 Å². The number of hydrogen-bond donors (Lipinski definition) is 1. The van der Waals surface area contributed by atoms with Gasteiger partial charge in [0.2, 0.25) is 0 Å². The fourth-order valence-corrected chi connectivity index (χ4v) is 3.51. The molecular formula is C25H35N3O2. The van der Waals surface area contributed by atoms with Crippen LogP contribution in [-0.4, -0.2) is 50.1 Å². The molecule has 3 rings (SSSR count). The summed E-state index contributed by atoms with van der Waals surface area (Å²) in [6.07, 6.45) is -0.546. The van der Waals surface area contributed by atoms with E-state index in [1.165, 1.54) is 11.3 Å². The van der Waals surface area contributed by atoms with Gasteiger partial charge in [-0.1, -0.05) is 45.0 Å². The Hall–Kier alpha value is -2.53.